The van der Waals surface area contributed by atoms with Gasteiger partial charge in [-0.15, -0.1) is 0 Å². The zero-order valence-electron chi connectivity index (χ0n) is 15.9. The lowest BCUT2D eigenvalue weighted by Crippen LogP contribution is -2.33. The summed E-state index contributed by atoms with van der Waals surface area (Å²) in [4.78, 5) is 15.1. The van der Waals surface area contributed by atoms with Gasteiger partial charge in [-0.1, -0.05) is 19.4 Å². The average Bonchev–Trinajstić information content (AvgIpc) is 2.73. The Morgan fingerprint density at radius 2 is 2.04 bits per heavy atom. The van der Waals surface area contributed by atoms with Gasteiger partial charge in [0.15, 0.2) is 12.0 Å². The minimum atomic E-state index is -0.389. The molecule has 7 heteroatoms. The highest BCUT2D eigenvalue weighted by atomic mass is 16.5. The predicted octanol–water partition coefficient (Wildman–Crippen LogP) is 3.02. The maximum absolute atomic E-state index is 6.08. The molecule has 1 aliphatic rings. The van der Waals surface area contributed by atoms with E-state index in [1.807, 2.05) is 42.4 Å². The summed E-state index contributed by atoms with van der Waals surface area (Å²) in [5.74, 6) is 1.83. The molecule has 0 amide bonds. The van der Waals surface area contributed by atoms with Gasteiger partial charge in [-0.2, -0.15) is 0 Å². The average molecular weight is 367 g/mol. The number of anilines is 1. The van der Waals surface area contributed by atoms with Crippen LogP contribution in [0.2, 0.25) is 0 Å². The topological polar surface area (TPSA) is 72.4 Å². The molecular weight excluding hydrogens is 342 g/mol. The second-order valence-electron chi connectivity index (χ2n) is 6.20. The molecule has 7 nitrogen and oxygen atoms in total. The van der Waals surface area contributed by atoms with Crippen molar-refractivity contribution in [2.45, 2.75) is 26.0 Å². The lowest BCUT2D eigenvalue weighted by Gasteiger charge is -2.25. The van der Waals surface area contributed by atoms with Gasteiger partial charge in [-0.3, -0.25) is 0 Å². The van der Waals surface area contributed by atoms with E-state index in [1.165, 1.54) is 0 Å². The Kier molecular flexibility index (Phi) is 6.25. The second kappa shape index (κ2) is 9.02. The van der Waals surface area contributed by atoms with Crippen LogP contribution in [0.3, 0.4) is 0 Å². The van der Waals surface area contributed by atoms with Gasteiger partial charge in [0, 0.05) is 30.9 Å². The van der Waals surface area contributed by atoms with Gasteiger partial charge in [0.05, 0.1) is 19.5 Å². The van der Waals surface area contributed by atoms with Crippen LogP contribution in [0.15, 0.2) is 49.1 Å². The monoisotopic (exact) mass is 367 g/mol. The van der Waals surface area contributed by atoms with Crippen LogP contribution in [0.5, 0.6) is 11.6 Å². The van der Waals surface area contributed by atoms with Gasteiger partial charge in [0.1, 0.15) is 0 Å². The normalized spacial score (nSPS) is 15.7. The molecular formula is C20H25N5O2. The molecule has 2 aromatic heterocycles. The van der Waals surface area contributed by atoms with E-state index in [2.05, 4.69) is 27.2 Å². The van der Waals surface area contributed by atoms with Crippen LogP contribution < -0.4 is 19.7 Å². The van der Waals surface area contributed by atoms with E-state index in [9.17, 15) is 0 Å². The van der Waals surface area contributed by atoms with E-state index in [-0.39, 0.29) is 6.23 Å². The summed E-state index contributed by atoms with van der Waals surface area (Å²) in [7, 11) is 3.60. The molecule has 3 rings (SSSR count). The molecule has 1 unspecified atom stereocenters. The third kappa shape index (κ3) is 4.55. The smallest absolute Gasteiger partial charge is 0.225 e. The number of hydrogen-bond donors (Lipinski definition) is 1. The van der Waals surface area contributed by atoms with Crippen LogP contribution in [-0.2, 0) is 0 Å². The van der Waals surface area contributed by atoms with Gasteiger partial charge < -0.3 is 19.7 Å². The molecule has 1 atom stereocenters. The number of unbranched alkanes of at least 4 members (excludes halogenated alkanes) is 1. The molecule has 3 heterocycles. The van der Waals surface area contributed by atoms with Crippen LogP contribution in [0.1, 0.15) is 25.3 Å². The lowest BCUT2D eigenvalue weighted by atomic mass is 10.0. The zero-order valence-corrected chi connectivity index (χ0v) is 15.9. The third-order valence-corrected chi connectivity index (χ3v) is 4.23. The fourth-order valence-corrected chi connectivity index (χ4v) is 2.77. The number of methoxy groups -OCH3 is 1. The van der Waals surface area contributed by atoms with Crippen molar-refractivity contribution in [1.82, 2.24) is 20.3 Å². The highest BCUT2D eigenvalue weighted by Gasteiger charge is 2.22. The Labute approximate surface area is 159 Å². The van der Waals surface area contributed by atoms with Crippen molar-refractivity contribution >= 4 is 11.5 Å². The van der Waals surface area contributed by atoms with Crippen LogP contribution in [-0.4, -0.2) is 41.9 Å². The zero-order chi connectivity index (χ0) is 19.1. The largest absolute Gasteiger partial charge is 0.481 e. The van der Waals surface area contributed by atoms with Crippen LogP contribution in [0.25, 0.3) is 5.57 Å². The molecule has 0 aromatic carbocycles. The number of aromatic nitrogens is 3. The number of allylic oxidation sites excluding steroid dienone is 2. The van der Waals surface area contributed by atoms with Crippen molar-refractivity contribution in [1.29, 1.82) is 0 Å². The molecule has 1 aliphatic heterocycles. The molecule has 0 radical (unpaired) electrons. The summed E-state index contributed by atoms with van der Waals surface area (Å²) in [6.07, 6.45) is 12.7. The number of dihydropyridines is 1. The molecule has 142 valence electrons. The number of ether oxygens (including phenoxy) is 2. The SMILES string of the molecule is CCCCN(C)c1ncc(OC2NC=CC=C2c2cccnc2OC)cn1. The lowest BCUT2D eigenvalue weighted by molar-refractivity contribution is 0.234. The van der Waals surface area contributed by atoms with Gasteiger partial charge in [0.25, 0.3) is 0 Å². The number of rotatable bonds is 8. The van der Waals surface area contributed by atoms with E-state index in [0.29, 0.717) is 17.6 Å². The standard InChI is InChI=1S/C20H25N5O2/c1-4-5-12-25(2)20-23-13-15(14-24-20)27-19-17(9-7-11-22-19)16-8-6-10-21-18(16)26-3/h6-11,13-14,19,22H,4-5,12H2,1-3H3. The van der Waals surface area contributed by atoms with E-state index >= 15 is 0 Å². The van der Waals surface area contributed by atoms with Crippen molar-refractivity contribution in [3.63, 3.8) is 0 Å². The maximum atomic E-state index is 6.08. The van der Waals surface area contributed by atoms with Crippen LogP contribution in [0, 0.1) is 0 Å². The molecule has 0 saturated carbocycles. The summed E-state index contributed by atoms with van der Waals surface area (Å²) in [6, 6.07) is 3.83. The minimum absolute atomic E-state index is 0.389. The number of pyridine rings is 1. The molecule has 0 saturated heterocycles. The Balaban J connectivity index is 1.74. The first-order chi connectivity index (χ1) is 13.2. The highest BCUT2D eigenvalue weighted by Crippen LogP contribution is 2.29. The van der Waals surface area contributed by atoms with E-state index in [1.54, 1.807) is 25.7 Å². The summed E-state index contributed by atoms with van der Waals surface area (Å²) >= 11 is 0. The molecule has 0 fully saturated rings. The molecule has 2 aromatic rings. The predicted molar refractivity (Wildman–Crippen MR) is 106 cm³/mol. The van der Waals surface area contributed by atoms with Gasteiger partial charge in [-0.05, 0) is 30.8 Å². The van der Waals surface area contributed by atoms with Gasteiger partial charge in [0.2, 0.25) is 11.8 Å². The fraction of sp³-hybridized carbons (Fsp3) is 0.350. The summed E-state index contributed by atoms with van der Waals surface area (Å²) in [5, 5.41) is 3.21. The van der Waals surface area contributed by atoms with E-state index in [4.69, 9.17) is 9.47 Å². The van der Waals surface area contributed by atoms with Crippen molar-refractivity contribution in [3.05, 3.63) is 54.6 Å². The summed E-state index contributed by atoms with van der Waals surface area (Å²) in [6.45, 7) is 3.10. The van der Waals surface area contributed by atoms with Crippen LogP contribution in [0.4, 0.5) is 5.95 Å². The molecule has 1 N–H and O–H groups in total. The first-order valence-electron chi connectivity index (χ1n) is 9.05. The minimum Gasteiger partial charge on any atom is -0.481 e. The van der Waals surface area contributed by atoms with Gasteiger partial charge in [-0.25, -0.2) is 15.0 Å². The van der Waals surface area contributed by atoms with Crippen molar-refractivity contribution in [2.75, 3.05) is 25.6 Å². The number of hydrogen-bond acceptors (Lipinski definition) is 7. The quantitative estimate of drug-likeness (QED) is 0.769. The maximum Gasteiger partial charge on any atom is 0.225 e. The summed E-state index contributed by atoms with van der Waals surface area (Å²) in [5.41, 5.74) is 1.80. The van der Waals surface area contributed by atoms with Gasteiger partial charge >= 0.3 is 0 Å². The molecule has 0 spiro atoms. The fourth-order valence-electron chi connectivity index (χ4n) is 2.77. The Morgan fingerprint density at radius 3 is 2.78 bits per heavy atom. The first kappa shape index (κ1) is 18.7. The molecule has 27 heavy (non-hydrogen) atoms. The third-order valence-electron chi connectivity index (χ3n) is 4.23. The Hall–Kier alpha value is -3.09. The second-order valence-corrected chi connectivity index (χ2v) is 6.20. The molecule has 0 aliphatic carbocycles. The van der Waals surface area contributed by atoms with Crippen LogP contribution >= 0.6 is 0 Å². The van der Waals surface area contributed by atoms with Crippen molar-refractivity contribution in [2.24, 2.45) is 0 Å². The van der Waals surface area contributed by atoms with E-state index < -0.39 is 0 Å². The van der Waals surface area contributed by atoms with Crippen molar-refractivity contribution < 1.29 is 9.47 Å². The first-order valence-corrected chi connectivity index (χ1v) is 9.05. The van der Waals surface area contributed by atoms with Crippen molar-refractivity contribution in [3.8, 4) is 11.6 Å². The van der Waals surface area contributed by atoms with E-state index in [0.717, 1.165) is 30.5 Å². The Morgan fingerprint density at radius 1 is 1.22 bits per heavy atom. The summed E-state index contributed by atoms with van der Waals surface area (Å²) < 4.78 is 11.5. The highest BCUT2D eigenvalue weighted by molar-refractivity contribution is 5.74. The molecule has 0 bridgehead atoms. The number of nitrogens with one attached hydrogen (secondary N) is 1. The Bertz CT molecular complexity index is 804. The number of nitrogens with zero attached hydrogens (tertiary/aromatic N) is 4.